The SMILES string of the molecule is CCOc1[nH]n(CCCC(C)C)c(=O)c1C=O. The Labute approximate surface area is 101 Å². The van der Waals surface area contributed by atoms with E-state index in [1.54, 1.807) is 0 Å². The number of carbonyl (C=O) groups is 1. The summed E-state index contributed by atoms with van der Waals surface area (Å²) in [5, 5.41) is 2.83. The van der Waals surface area contributed by atoms with Crippen LogP contribution >= 0.6 is 0 Å². The highest BCUT2D eigenvalue weighted by Crippen LogP contribution is 2.10. The smallest absolute Gasteiger partial charge is 0.281 e. The van der Waals surface area contributed by atoms with E-state index in [0.29, 0.717) is 25.4 Å². The first kappa shape index (κ1) is 13.5. The molecular formula is C12H20N2O3. The molecule has 0 saturated heterocycles. The van der Waals surface area contributed by atoms with Crippen molar-refractivity contribution >= 4 is 6.29 Å². The van der Waals surface area contributed by atoms with Gasteiger partial charge in [-0.2, -0.15) is 0 Å². The molecule has 0 unspecified atom stereocenters. The van der Waals surface area contributed by atoms with Gasteiger partial charge in [-0.3, -0.25) is 14.7 Å². The van der Waals surface area contributed by atoms with Gasteiger partial charge in [-0.1, -0.05) is 13.8 Å². The predicted octanol–water partition coefficient (Wildman–Crippen LogP) is 1.82. The maximum absolute atomic E-state index is 11.8. The molecule has 0 spiro atoms. The van der Waals surface area contributed by atoms with Crippen molar-refractivity contribution in [1.82, 2.24) is 9.78 Å². The summed E-state index contributed by atoms with van der Waals surface area (Å²) in [7, 11) is 0. The molecule has 0 aromatic carbocycles. The van der Waals surface area contributed by atoms with Crippen LogP contribution in [0.2, 0.25) is 0 Å². The lowest BCUT2D eigenvalue weighted by Crippen LogP contribution is -2.19. The summed E-state index contributed by atoms with van der Waals surface area (Å²) < 4.78 is 6.65. The predicted molar refractivity (Wildman–Crippen MR) is 65.7 cm³/mol. The fraction of sp³-hybridized carbons (Fsp3) is 0.667. The van der Waals surface area contributed by atoms with Gasteiger partial charge in [0.15, 0.2) is 6.29 Å². The number of aryl methyl sites for hydroxylation is 1. The summed E-state index contributed by atoms with van der Waals surface area (Å²) >= 11 is 0. The van der Waals surface area contributed by atoms with Crippen molar-refractivity contribution in [2.75, 3.05) is 6.61 Å². The van der Waals surface area contributed by atoms with Crippen LogP contribution in [0, 0.1) is 5.92 Å². The van der Waals surface area contributed by atoms with Gasteiger partial charge in [-0.25, -0.2) is 4.68 Å². The molecular weight excluding hydrogens is 220 g/mol. The van der Waals surface area contributed by atoms with Crippen LogP contribution in [0.5, 0.6) is 5.88 Å². The van der Waals surface area contributed by atoms with Gasteiger partial charge in [0, 0.05) is 6.54 Å². The minimum Gasteiger partial charge on any atom is -0.478 e. The van der Waals surface area contributed by atoms with Crippen LogP contribution in [0.15, 0.2) is 4.79 Å². The molecule has 17 heavy (non-hydrogen) atoms. The summed E-state index contributed by atoms with van der Waals surface area (Å²) in [4.78, 5) is 22.6. The maximum Gasteiger partial charge on any atom is 0.281 e. The van der Waals surface area contributed by atoms with E-state index in [4.69, 9.17) is 4.74 Å². The molecule has 5 heteroatoms. The van der Waals surface area contributed by atoms with Crippen molar-refractivity contribution in [2.24, 2.45) is 5.92 Å². The van der Waals surface area contributed by atoms with Crippen LogP contribution in [0.1, 0.15) is 44.0 Å². The monoisotopic (exact) mass is 240 g/mol. The standard InChI is InChI=1S/C12H20N2O3/c1-4-17-11-10(8-15)12(16)14(13-11)7-5-6-9(2)3/h8-9,13H,4-7H2,1-3H3. The average molecular weight is 240 g/mol. The molecule has 0 aliphatic rings. The first-order valence-electron chi connectivity index (χ1n) is 6.00. The molecule has 0 fully saturated rings. The van der Waals surface area contributed by atoms with Gasteiger partial charge in [0.05, 0.1) is 6.61 Å². The van der Waals surface area contributed by atoms with Gasteiger partial charge in [-0.05, 0) is 25.7 Å². The number of carbonyl (C=O) groups excluding carboxylic acids is 1. The van der Waals surface area contributed by atoms with Crippen LogP contribution in [0.4, 0.5) is 0 Å². The second-order valence-corrected chi connectivity index (χ2v) is 4.40. The van der Waals surface area contributed by atoms with Crippen LogP contribution in [-0.4, -0.2) is 22.7 Å². The number of nitrogens with zero attached hydrogens (tertiary/aromatic N) is 1. The number of aromatic nitrogens is 2. The van der Waals surface area contributed by atoms with Gasteiger partial charge in [-0.15, -0.1) is 0 Å². The Morgan fingerprint density at radius 2 is 2.18 bits per heavy atom. The van der Waals surface area contributed by atoms with E-state index in [2.05, 4.69) is 18.9 Å². The van der Waals surface area contributed by atoms with Gasteiger partial charge >= 0.3 is 0 Å². The van der Waals surface area contributed by atoms with Crippen molar-refractivity contribution in [3.8, 4) is 5.88 Å². The van der Waals surface area contributed by atoms with E-state index in [1.165, 1.54) is 4.68 Å². The number of ether oxygens (including phenoxy) is 1. The fourth-order valence-corrected chi connectivity index (χ4v) is 1.65. The quantitative estimate of drug-likeness (QED) is 0.739. The molecule has 0 bridgehead atoms. The number of aldehydes is 1. The van der Waals surface area contributed by atoms with Gasteiger partial charge < -0.3 is 4.74 Å². The normalized spacial score (nSPS) is 10.8. The minimum absolute atomic E-state index is 0.0800. The molecule has 0 atom stereocenters. The molecule has 5 nitrogen and oxygen atoms in total. The Balaban J connectivity index is 2.79. The first-order chi connectivity index (χ1) is 8.10. The van der Waals surface area contributed by atoms with Crippen molar-refractivity contribution in [3.63, 3.8) is 0 Å². The number of H-pyrrole nitrogens is 1. The Morgan fingerprint density at radius 1 is 1.47 bits per heavy atom. The molecule has 0 aliphatic heterocycles. The van der Waals surface area contributed by atoms with Gasteiger partial charge in [0.2, 0.25) is 5.88 Å². The molecule has 0 aliphatic carbocycles. The second-order valence-electron chi connectivity index (χ2n) is 4.40. The molecule has 0 amide bonds. The number of hydrogen-bond acceptors (Lipinski definition) is 3. The van der Waals surface area contributed by atoms with Crippen molar-refractivity contribution in [3.05, 3.63) is 15.9 Å². The third-order valence-corrected chi connectivity index (χ3v) is 2.53. The summed E-state index contributed by atoms with van der Waals surface area (Å²) in [6, 6.07) is 0. The fourth-order valence-electron chi connectivity index (χ4n) is 1.65. The van der Waals surface area contributed by atoms with E-state index < -0.39 is 0 Å². The van der Waals surface area contributed by atoms with Crippen LogP contribution in [0.3, 0.4) is 0 Å². The summed E-state index contributed by atoms with van der Waals surface area (Å²) in [6.45, 7) is 7.10. The van der Waals surface area contributed by atoms with Crippen LogP contribution in [0.25, 0.3) is 0 Å². The van der Waals surface area contributed by atoms with Gasteiger partial charge in [0.25, 0.3) is 5.56 Å². The topological polar surface area (TPSA) is 64.1 Å². The van der Waals surface area contributed by atoms with Crippen molar-refractivity contribution in [1.29, 1.82) is 0 Å². The zero-order valence-corrected chi connectivity index (χ0v) is 10.7. The lowest BCUT2D eigenvalue weighted by molar-refractivity contribution is 0.111. The Morgan fingerprint density at radius 3 is 2.71 bits per heavy atom. The van der Waals surface area contributed by atoms with E-state index in [0.717, 1.165) is 12.8 Å². The Bertz CT molecular complexity index is 418. The van der Waals surface area contributed by atoms with Crippen molar-refractivity contribution in [2.45, 2.75) is 40.2 Å². The largest absolute Gasteiger partial charge is 0.478 e. The van der Waals surface area contributed by atoms with Crippen molar-refractivity contribution < 1.29 is 9.53 Å². The maximum atomic E-state index is 11.8. The Hall–Kier alpha value is -1.52. The van der Waals surface area contributed by atoms with Crippen LogP contribution < -0.4 is 10.3 Å². The third-order valence-electron chi connectivity index (χ3n) is 2.53. The van der Waals surface area contributed by atoms with E-state index >= 15 is 0 Å². The molecule has 1 aromatic heterocycles. The number of nitrogens with one attached hydrogen (secondary N) is 1. The molecule has 1 heterocycles. The average Bonchev–Trinajstić information content (AvgIpc) is 2.55. The highest BCUT2D eigenvalue weighted by Gasteiger charge is 2.14. The first-order valence-corrected chi connectivity index (χ1v) is 6.00. The molecule has 1 aromatic rings. The second kappa shape index (κ2) is 6.27. The number of aromatic amines is 1. The van der Waals surface area contributed by atoms with E-state index in [9.17, 15) is 9.59 Å². The third kappa shape index (κ3) is 3.47. The summed E-state index contributed by atoms with van der Waals surface area (Å²) in [6.07, 6.45) is 2.50. The Kier molecular flexibility index (Phi) is 5.00. The molecule has 1 N–H and O–H groups in total. The number of hydrogen-bond donors (Lipinski definition) is 1. The molecule has 96 valence electrons. The highest BCUT2D eigenvalue weighted by atomic mass is 16.5. The van der Waals surface area contributed by atoms with E-state index in [-0.39, 0.29) is 17.0 Å². The summed E-state index contributed by atoms with van der Waals surface area (Å²) in [5.74, 6) is 0.884. The zero-order chi connectivity index (χ0) is 12.8. The molecule has 1 rings (SSSR count). The van der Waals surface area contributed by atoms with Gasteiger partial charge in [0.1, 0.15) is 5.56 Å². The van der Waals surface area contributed by atoms with E-state index in [1.807, 2.05) is 6.92 Å². The lowest BCUT2D eigenvalue weighted by Gasteiger charge is -2.04. The summed E-state index contributed by atoms with van der Waals surface area (Å²) in [5.41, 5.74) is -0.219. The number of rotatable bonds is 7. The molecule has 0 radical (unpaired) electrons. The van der Waals surface area contributed by atoms with Crippen LogP contribution in [-0.2, 0) is 6.54 Å². The lowest BCUT2D eigenvalue weighted by atomic mass is 10.1. The minimum atomic E-state index is -0.299. The zero-order valence-electron chi connectivity index (χ0n) is 10.7. The molecule has 0 saturated carbocycles. The highest BCUT2D eigenvalue weighted by molar-refractivity contribution is 5.77.